The van der Waals surface area contributed by atoms with Gasteiger partial charge in [-0.15, -0.1) is 6.58 Å². The van der Waals surface area contributed by atoms with Gasteiger partial charge < -0.3 is 5.32 Å². The number of hydrogen-bond donors (Lipinski definition) is 1. The van der Waals surface area contributed by atoms with E-state index in [1.54, 1.807) is 0 Å². The van der Waals surface area contributed by atoms with Gasteiger partial charge in [0.05, 0.1) is 0 Å². The molecule has 0 amide bonds. The molecule has 0 saturated heterocycles. The van der Waals surface area contributed by atoms with Crippen molar-refractivity contribution >= 4 is 5.69 Å². The molecule has 0 fully saturated rings. The van der Waals surface area contributed by atoms with Crippen LogP contribution in [0.25, 0.3) is 0 Å². The Morgan fingerprint density at radius 2 is 1.82 bits per heavy atom. The third kappa shape index (κ3) is 5.58. The minimum atomic E-state index is 0.614. The molecule has 94 valence electrons. The third-order valence-electron chi connectivity index (χ3n) is 2.99. The Morgan fingerprint density at radius 3 is 2.41 bits per heavy atom. The molecule has 0 bridgehead atoms. The van der Waals surface area contributed by atoms with E-state index < -0.39 is 0 Å². The molecule has 0 aromatic heterocycles. The Hall–Kier alpha value is -1.24. The van der Waals surface area contributed by atoms with Crippen molar-refractivity contribution in [3.63, 3.8) is 0 Å². The van der Waals surface area contributed by atoms with E-state index in [1.165, 1.54) is 30.5 Å². The Labute approximate surface area is 106 Å². The summed E-state index contributed by atoms with van der Waals surface area (Å²) in [6.45, 7) is 9.25. The van der Waals surface area contributed by atoms with Crippen molar-refractivity contribution in [1.82, 2.24) is 0 Å². The van der Waals surface area contributed by atoms with Gasteiger partial charge in [0.25, 0.3) is 0 Å². The topological polar surface area (TPSA) is 12.0 Å². The SMILES string of the molecule is C=CCCCCCNc1ccc(C(C)C)cc1. The average molecular weight is 231 g/mol. The standard InChI is InChI=1S/C16H25N/c1-4-5-6-7-8-13-17-16-11-9-15(10-12-16)14(2)3/h4,9-12,14,17H,1,5-8,13H2,2-3H3. The molecule has 0 heterocycles. The second kappa shape index (κ2) is 7.94. The van der Waals surface area contributed by atoms with Crippen molar-refractivity contribution in [3.8, 4) is 0 Å². The van der Waals surface area contributed by atoms with Gasteiger partial charge in [-0.1, -0.05) is 38.5 Å². The van der Waals surface area contributed by atoms with Crippen LogP contribution in [0.15, 0.2) is 36.9 Å². The number of rotatable bonds is 8. The minimum absolute atomic E-state index is 0.614. The van der Waals surface area contributed by atoms with Gasteiger partial charge in [0.1, 0.15) is 0 Å². The fourth-order valence-corrected chi connectivity index (χ4v) is 1.81. The van der Waals surface area contributed by atoms with Crippen LogP contribution in [0.4, 0.5) is 5.69 Å². The molecule has 0 aliphatic heterocycles. The van der Waals surface area contributed by atoms with Crippen LogP contribution in [-0.4, -0.2) is 6.54 Å². The maximum atomic E-state index is 3.73. The molecule has 1 rings (SSSR count). The molecular formula is C16H25N. The van der Waals surface area contributed by atoms with Crippen molar-refractivity contribution in [1.29, 1.82) is 0 Å². The molecule has 1 heteroatoms. The van der Waals surface area contributed by atoms with Crippen molar-refractivity contribution in [3.05, 3.63) is 42.5 Å². The predicted octanol–water partition coefficient (Wildman–Crippen LogP) is 4.97. The van der Waals surface area contributed by atoms with Crippen LogP contribution in [0.2, 0.25) is 0 Å². The third-order valence-corrected chi connectivity index (χ3v) is 2.99. The summed E-state index contributed by atoms with van der Waals surface area (Å²) < 4.78 is 0. The van der Waals surface area contributed by atoms with Crippen molar-refractivity contribution in [2.45, 2.75) is 45.4 Å². The van der Waals surface area contributed by atoms with Gasteiger partial charge >= 0.3 is 0 Å². The van der Waals surface area contributed by atoms with Crippen molar-refractivity contribution in [2.75, 3.05) is 11.9 Å². The van der Waals surface area contributed by atoms with E-state index >= 15 is 0 Å². The Kier molecular flexibility index (Phi) is 6.46. The van der Waals surface area contributed by atoms with Crippen LogP contribution >= 0.6 is 0 Å². The second-order valence-electron chi connectivity index (χ2n) is 4.84. The summed E-state index contributed by atoms with van der Waals surface area (Å²) in [5.41, 5.74) is 2.64. The lowest BCUT2D eigenvalue weighted by Crippen LogP contribution is -2.01. The number of nitrogens with one attached hydrogen (secondary N) is 1. The molecule has 1 nitrogen and oxygen atoms in total. The molecule has 1 aromatic carbocycles. The number of hydrogen-bond acceptors (Lipinski definition) is 1. The molecule has 0 spiro atoms. The smallest absolute Gasteiger partial charge is 0.0340 e. The number of benzene rings is 1. The highest BCUT2D eigenvalue weighted by molar-refractivity contribution is 5.44. The Balaban J connectivity index is 2.21. The van der Waals surface area contributed by atoms with E-state index in [1.807, 2.05) is 6.08 Å². The van der Waals surface area contributed by atoms with Gasteiger partial charge in [0.2, 0.25) is 0 Å². The second-order valence-corrected chi connectivity index (χ2v) is 4.84. The molecule has 0 radical (unpaired) electrons. The summed E-state index contributed by atoms with van der Waals surface area (Å²) in [5.74, 6) is 0.614. The fraction of sp³-hybridized carbons (Fsp3) is 0.500. The number of anilines is 1. The van der Waals surface area contributed by atoms with Gasteiger partial charge in [-0.05, 0) is 42.9 Å². The highest BCUT2D eigenvalue weighted by atomic mass is 14.9. The first-order chi connectivity index (χ1) is 8.24. The fourth-order valence-electron chi connectivity index (χ4n) is 1.81. The van der Waals surface area contributed by atoms with Gasteiger partial charge in [-0.25, -0.2) is 0 Å². The summed E-state index contributed by atoms with van der Waals surface area (Å²) >= 11 is 0. The lowest BCUT2D eigenvalue weighted by atomic mass is 10.0. The van der Waals surface area contributed by atoms with Crippen LogP contribution in [0.5, 0.6) is 0 Å². The molecule has 1 aromatic rings. The lowest BCUT2D eigenvalue weighted by Gasteiger charge is -2.09. The number of unbranched alkanes of at least 4 members (excludes halogenated alkanes) is 3. The van der Waals surface area contributed by atoms with E-state index in [0.29, 0.717) is 5.92 Å². The van der Waals surface area contributed by atoms with Gasteiger partial charge in [0, 0.05) is 12.2 Å². The quantitative estimate of drug-likeness (QED) is 0.492. The zero-order chi connectivity index (χ0) is 12.5. The monoisotopic (exact) mass is 231 g/mol. The molecule has 17 heavy (non-hydrogen) atoms. The molecular weight excluding hydrogens is 206 g/mol. The van der Waals surface area contributed by atoms with Crippen molar-refractivity contribution < 1.29 is 0 Å². The first-order valence-electron chi connectivity index (χ1n) is 6.68. The average Bonchev–Trinajstić information content (AvgIpc) is 2.34. The molecule has 1 N–H and O–H groups in total. The summed E-state index contributed by atoms with van der Waals surface area (Å²) in [4.78, 5) is 0. The van der Waals surface area contributed by atoms with E-state index in [4.69, 9.17) is 0 Å². The van der Waals surface area contributed by atoms with Crippen molar-refractivity contribution in [2.24, 2.45) is 0 Å². The highest BCUT2D eigenvalue weighted by Crippen LogP contribution is 2.17. The minimum Gasteiger partial charge on any atom is -0.385 e. The van der Waals surface area contributed by atoms with E-state index in [-0.39, 0.29) is 0 Å². The Bertz CT molecular complexity index is 311. The normalized spacial score (nSPS) is 10.5. The maximum absolute atomic E-state index is 3.73. The van der Waals surface area contributed by atoms with E-state index in [2.05, 4.69) is 50.0 Å². The molecule has 0 unspecified atom stereocenters. The van der Waals surface area contributed by atoms with Gasteiger partial charge in [-0.2, -0.15) is 0 Å². The summed E-state index contributed by atoms with van der Waals surface area (Å²) in [6.07, 6.45) is 6.92. The molecule has 0 aliphatic rings. The highest BCUT2D eigenvalue weighted by Gasteiger charge is 1.98. The van der Waals surface area contributed by atoms with E-state index in [0.717, 1.165) is 13.0 Å². The Morgan fingerprint density at radius 1 is 1.12 bits per heavy atom. The first-order valence-corrected chi connectivity index (χ1v) is 6.68. The molecule has 0 aliphatic carbocycles. The summed E-state index contributed by atoms with van der Waals surface area (Å²) in [7, 11) is 0. The zero-order valence-corrected chi connectivity index (χ0v) is 11.2. The predicted molar refractivity (Wildman–Crippen MR) is 77.7 cm³/mol. The van der Waals surface area contributed by atoms with Crippen LogP contribution in [-0.2, 0) is 0 Å². The van der Waals surface area contributed by atoms with Crippen LogP contribution < -0.4 is 5.32 Å². The van der Waals surface area contributed by atoms with Crippen LogP contribution in [0, 0.1) is 0 Å². The molecule has 0 atom stereocenters. The lowest BCUT2D eigenvalue weighted by molar-refractivity contribution is 0.709. The zero-order valence-electron chi connectivity index (χ0n) is 11.2. The largest absolute Gasteiger partial charge is 0.385 e. The summed E-state index contributed by atoms with van der Waals surface area (Å²) in [6, 6.07) is 8.79. The molecule has 0 saturated carbocycles. The van der Waals surface area contributed by atoms with Crippen LogP contribution in [0.3, 0.4) is 0 Å². The maximum Gasteiger partial charge on any atom is 0.0340 e. The van der Waals surface area contributed by atoms with Gasteiger partial charge in [-0.3, -0.25) is 0 Å². The summed E-state index contributed by atoms with van der Waals surface area (Å²) in [5, 5.41) is 3.46. The first kappa shape index (κ1) is 13.8. The number of allylic oxidation sites excluding steroid dienone is 1. The van der Waals surface area contributed by atoms with E-state index in [9.17, 15) is 0 Å². The van der Waals surface area contributed by atoms with Crippen LogP contribution in [0.1, 0.15) is 51.0 Å². The van der Waals surface area contributed by atoms with Gasteiger partial charge in [0.15, 0.2) is 0 Å².